The molecule has 2 aliphatic rings. The molecule has 1 aromatic rings. The average molecular weight is 451 g/mol. The summed E-state index contributed by atoms with van der Waals surface area (Å²) in [6, 6.07) is 4.95. The molecule has 0 aliphatic carbocycles. The van der Waals surface area contributed by atoms with Crippen LogP contribution in [0.3, 0.4) is 0 Å². The summed E-state index contributed by atoms with van der Waals surface area (Å²) in [5.74, 6) is 1.89. The van der Waals surface area contributed by atoms with Crippen LogP contribution in [0.4, 0.5) is 5.69 Å². The Morgan fingerprint density at radius 3 is 2.39 bits per heavy atom. The summed E-state index contributed by atoms with van der Waals surface area (Å²) in [6.07, 6.45) is 1.20. The van der Waals surface area contributed by atoms with Crippen LogP contribution in [0.2, 0.25) is 5.02 Å². The van der Waals surface area contributed by atoms with Gasteiger partial charge >= 0.3 is 0 Å². The Balaban J connectivity index is 1.45. The first kappa shape index (κ1) is 23.8. The third-order valence-corrected chi connectivity index (χ3v) is 6.63. The van der Waals surface area contributed by atoms with Crippen molar-refractivity contribution in [1.82, 2.24) is 14.7 Å². The topological polar surface area (TPSA) is 65.1 Å². The lowest BCUT2D eigenvalue weighted by Crippen LogP contribution is -2.55. The van der Waals surface area contributed by atoms with E-state index >= 15 is 0 Å². The molecule has 1 N–H and O–H groups in total. The highest BCUT2D eigenvalue weighted by Crippen LogP contribution is 2.27. The van der Waals surface area contributed by atoms with Crippen LogP contribution >= 0.6 is 11.6 Å². The lowest BCUT2D eigenvalue weighted by molar-refractivity contribution is -0.136. The van der Waals surface area contributed by atoms with E-state index < -0.39 is 0 Å². The van der Waals surface area contributed by atoms with Crippen LogP contribution in [0.5, 0.6) is 5.75 Å². The van der Waals surface area contributed by atoms with Gasteiger partial charge in [0.15, 0.2) is 0 Å². The molecule has 2 aliphatic heterocycles. The summed E-state index contributed by atoms with van der Waals surface area (Å²) in [6.45, 7) is 11.7. The van der Waals surface area contributed by atoms with Gasteiger partial charge in [-0.05, 0) is 43.4 Å². The number of amides is 2. The van der Waals surface area contributed by atoms with Gasteiger partial charge in [-0.1, -0.05) is 25.4 Å². The predicted molar refractivity (Wildman–Crippen MR) is 124 cm³/mol. The Labute approximate surface area is 190 Å². The van der Waals surface area contributed by atoms with Gasteiger partial charge in [0.05, 0.1) is 24.7 Å². The van der Waals surface area contributed by atoms with E-state index in [1.54, 1.807) is 25.3 Å². The molecule has 0 saturated carbocycles. The largest absolute Gasteiger partial charge is 0.495 e. The smallest absolute Gasteiger partial charge is 0.241 e. The molecule has 2 fully saturated rings. The van der Waals surface area contributed by atoms with Crippen molar-refractivity contribution >= 4 is 29.1 Å². The Kier molecular flexibility index (Phi) is 8.19. The quantitative estimate of drug-likeness (QED) is 0.722. The number of rotatable bonds is 6. The van der Waals surface area contributed by atoms with E-state index in [1.807, 2.05) is 11.8 Å². The Morgan fingerprint density at radius 1 is 1.16 bits per heavy atom. The number of hydrogen-bond acceptors (Lipinski definition) is 5. The number of ether oxygens (including phenoxy) is 1. The number of benzene rings is 1. The van der Waals surface area contributed by atoms with E-state index in [1.165, 1.54) is 6.42 Å². The number of likely N-dealkylation sites (tertiary alicyclic amines) is 1. The number of piperidine rings is 1. The molecule has 0 bridgehead atoms. The number of anilines is 1. The number of carbonyl (C=O) groups excluding carboxylic acids is 2. The van der Waals surface area contributed by atoms with Gasteiger partial charge in [0, 0.05) is 45.0 Å². The minimum Gasteiger partial charge on any atom is -0.495 e. The molecule has 8 heteroatoms. The second kappa shape index (κ2) is 10.7. The number of nitrogens with zero attached hydrogens (tertiary/aromatic N) is 3. The number of hydrogen-bond donors (Lipinski definition) is 1. The standard InChI is InChI=1S/C23H35ClN4O3/c1-16-11-17(2)14-28(13-16)22(29)15-26-7-9-27(10-8-26)18(3)23(30)25-19-5-6-21(31-4)20(24)12-19/h5-6,12,16-18H,7-11,13-15H2,1-4H3,(H,25,30). The number of nitrogens with one attached hydrogen (secondary N) is 1. The molecule has 0 radical (unpaired) electrons. The van der Waals surface area contributed by atoms with Crippen LogP contribution in [-0.4, -0.2) is 85.5 Å². The van der Waals surface area contributed by atoms with Crippen molar-refractivity contribution in [3.63, 3.8) is 0 Å². The molecule has 0 aromatic heterocycles. The van der Waals surface area contributed by atoms with Crippen molar-refractivity contribution in [1.29, 1.82) is 0 Å². The highest BCUT2D eigenvalue weighted by atomic mass is 35.5. The summed E-state index contributed by atoms with van der Waals surface area (Å²) < 4.78 is 5.15. The van der Waals surface area contributed by atoms with Crippen LogP contribution in [-0.2, 0) is 9.59 Å². The molecule has 3 rings (SSSR count). The fourth-order valence-electron chi connectivity index (χ4n) is 4.62. The van der Waals surface area contributed by atoms with Gasteiger partial charge in [-0.3, -0.25) is 19.4 Å². The number of halogens is 1. The molecule has 3 unspecified atom stereocenters. The second-order valence-corrected chi connectivity index (χ2v) is 9.48. The summed E-state index contributed by atoms with van der Waals surface area (Å²) in [5, 5.41) is 3.39. The third kappa shape index (κ3) is 6.34. The van der Waals surface area contributed by atoms with Crippen molar-refractivity contribution in [2.24, 2.45) is 11.8 Å². The first-order chi connectivity index (χ1) is 14.8. The monoisotopic (exact) mass is 450 g/mol. The molecular formula is C23H35ClN4O3. The zero-order chi connectivity index (χ0) is 22.5. The van der Waals surface area contributed by atoms with Gasteiger partial charge in [0.1, 0.15) is 5.75 Å². The van der Waals surface area contributed by atoms with E-state index in [2.05, 4.69) is 29.0 Å². The predicted octanol–water partition coefficient (Wildman–Crippen LogP) is 2.80. The lowest BCUT2D eigenvalue weighted by atomic mass is 9.92. The Hall–Kier alpha value is -1.83. The van der Waals surface area contributed by atoms with Crippen LogP contribution < -0.4 is 10.1 Å². The van der Waals surface area contributed by atoms with Crippen LogP contribution in [0.25, 0.3) is 0 Å². The first-order valence-electron chi connectivity index (χ1n) is 11.2. The highest BCUT2D eigenvalue weighted by Gasteiger charge is 2.29. The third-order valence-electron chi connectivity index (χ3n) is 6.33. The van der Waals surface area contributed by atoms with E-state index in [0.29, 0.717) is 34.8 Å². The van der Waals surface area contributed by atoms with E-state index in [-0.39, 0.29) is 17.9 Å². The Morgan fingerprint density at radius 2 is 1.81 bits per heavy atom. The first-order valence-corrected chi connectivity index (χ1v) is 11.5. The molecule has 2 amide bonds. The summed E-state index contributed by atoms with van der Waals surface area (Å²) >= 11 is 6.15. The van der Waals surface area contributed by atoms with Crippen LogP contribution in [0.1, 0.15) is 27.2 Å². The SMILES string of the molecule is COc1ccc(NC(=O)C(C)N2CCN(CC(=O)N3CC(C)CC(C)C3)CC2)cc1Cl. The highest BCUT2D eigenvalue weighted by molar-refractivity contribution is 6.32. The number of piperazine rings is 1. The van der Waals surface area contributed by atoms with Crippen molar-refractivity contribution in [2.45, 2.75) is 33.2 Å². The van der Waals surface area contributed by atoms with Crippen molar-refractivity contribution < 1.29 is 14.3 Å². The fraction of sp³-hybridized carbons (Fsp3) is 0.652. The molecule has 7 nitrogen and oxygen atoms in total. The number of carbonyl (C=O) groups is 2. The van der Waals surface area contributed by atoms with Gasteiger partial charge in [0.25, 0.3) is 0 Å². The van der Waals surface area contributed by atoms with Crippen molar-refractivity contribution in [3.8, 4) is 5.75 Å². The van der Waals surface area contributed by atoms with Crippen molar-refractivity contribution in [2.75, 3.05) is 58.2 Å². The summed E-state index contributed by atoms with van der Waals surface area (Å²) in [4.78, 5) is 31.8. The summed E-state index contributed by atoms with van der Waals surface area (Å²) in [7, 11) is 1.56. The van der Waals surface area contributed by atoms with E-state index in [9.17, 15) is 9.59 Å². The molecule has 172 valence electrons. The van der Waals surface area contributed by atoms with Crippen LogP contribution in [0.15, 0.2) is 18.2 Å². The van der Waals surface area contributed by atoms with E-state index in [0.717, 1.165) is 39.3 Å². The van der Waals surface area contributed by atoms with E-state index in [4.69, 9.17) is 16.3 Å². The maximum atomic E-state index is 12.7. The van der Waals surface area contributed by atoms with Gasteiger partial charge in [-0.15, -0.1) is 0 Å². The molecule has 31 heavy (non-hydrogen) atoms. The van der Waals surface area contributed by atoms with Crippen molar-refractivity contribution in [3.05, 3.63) is 23.2 Å². The summed E-state index contributed by atoms with van der Waals surface area (Å²) in [5.41, 5.74) is 0.650. The molecule has 1 aromatic carbocycles. The average Bonchev–Trinajstić information content (AvgIpc) is 2.73. The van der Waals surface area contributed by atoms with Crippen LogP contribution in [0, 0.1) is 11.8 Å². The minimum atomic E-state index is -0.262. The zero-order valence-electron chi connectivity index (χ0n) is 19.1. The molecule has 2 heterocycles. The molecule has 0 spiro atoms. The maximum absolute atomic E-state index is 12.7. The Bertz CT molecular complexity index is 772. The molecular weight excluding hydrogens is 416 g/mol. The normalized spacial score (nSPS) is 24.0. The van der Waals surface area contributed by atoms with Gasteiger partial charge in [-0.25, -0.2) is 0 Å². The minimum absolute atomic E-state index is 0.0675. The fourth-order valence-corrected chi connectivity index (χ4v) is 4.88. The second-order valence-electron chi connectivity index (χ2n) is 9.07. The lowest BCUT2D eigenvalue weighted by Gasteiger charge is -2.39. The van der Waals surface area contributed by atoms with Gasteiger partial charge < -0.3 is 15.0 Å². The van der Waals surface area contributed by atoms with Gasteiger partial charge in [0.2, 0.25) is 11.8 Å². The maximum Gasteiger partial charge on any atom is 0.241 e. The molecule has 3 atom stereocenters. The molecule has 2 saturated heterocycles. The van der Waals surface area contributed by atoms with Gasteiger partial charge in [-0.2, -0.15) is 0 Å². The number of methoxy groups -OCH3 is 1. The zero-order valence-corrected chi connectivity index (χ0v) is 19.8.